The van der Waals surface area contributed by atoms with Gasteiger partial charge < -0.3 is 15.4 Å². The maximum absolute atomic E-state index is 12.1. The highest BCUT2D eigenvalue weighted by atomic mass is 79.9. The normalized spacial score (nSPS) is 11.5. The lowest BCUT2D eigenvalue weighted by atomic mass is 10.1. The number of ether oxygens (including phenoxy) is 1. The van der Waals surface area contributed by atoms with Crippen LogP contribution in [-0.2, 0) is 11.4 Å². The quantitative estimate of drug-likeness (QED) is 0.516. The van der Waals surface area contributed by atoms with E-state index in [1.165, 1.54) is 11.3 Å². The Kier molecular flexibility index (Phi) is 7.37. The molecule has 2 aromatic heterocycles. The summed E-state index contributed by atoms with van der Waals surface area (Å²) in [5.41, 5.74) is 1.94. The minimum absolute atomic E-state index is 0.0784. The lowest BCUT2D eigenvalue weighted by molar-refractivity contribution is -0.120. The first-order valence-corrected chi connectivity index (χ1v) is 10.6. The molecule has 0 saturated heterocycles. The van der Waals surface area contributed by atoms with E-state index in [0.717, 1.165) is 20.7 Å². The molecule has 0 spiro atoms. The van der Waals surface area contributed by atoms with Gasteiger partial charge in [-0.15, -0.1) is 11.3 Å². The maximum atomic E-state index is 12.1. The van der Waals surface area contributed by atoms with E-state index in [9.17, 15) is 9.59 Å². The lowest BCUT2D eigenvalue weighted by Gasteiger charge is -2.15. The second kappa shape index (κ2) is 10.2. The predicted octanol–water partition coefficient (Wildman–Crippen LogP) is 4.09. The minimum Gasteiger partial charge on any atom is -0.489 e. The van der Waals surface area contributed by atoms with E-state index in [2.05, 4.69) is 31.5 Å². The fraction of sp³-hybridized carbons (Fsp3) is 0.190. The average Bonchev–Trinajstić information content (AvgIpc) is 3.18. The fourth-order valence-corrected chi connectivity index (χ4v) is 3.87. The van der Waals surface area contributed by atoms with Gasteiger partial charge in [0.25, 0.3) is 5.91 Å². The Morgan fingerprint density at radius 3 is 2.62 bits per heavy atom. The van der Waals surface area contributed by atoms with Crippen molar-refractivity contribution >= 4 is 39.1 Å². The number of pyridine rings is 1. The van der Waals surface area contributed by atoms with E-state index in [0.29, 0.717) is 11.5 Å². The number of rotatable bonds is 8. The summed E-state index contributed by atoms with van der Waals surface area (Å²) in [5, 5.41) is 5.50. The van der Waals surface area contributed by atoms with Crippen molar-refractivity contribution in [3.8, 4) is 5.75 Å². The highest BCUT2D eigenvalue weighted by Gasteiger charge is 2.13. The Morgan fingerprint density at radius 2 is 1.97 bits per heavy atom. The van der Waals surface area contributed by atoms with E-state index in [1.54, 1.807) is 24.5 Å². The van der Waals surface area contributed by atoms with Crippen LogP contribution in [0.2, 0.25) is 0 Å². The monoisotopic (exact) mass is 473 g/mol. The zero-order chi connectivity index (χ0) is 20.6. The number of hydrogen-bond donors (Lipinski definition) is 2. The molecule has 8 heteroatoms. The molecule has 6 nitrogen and oxygen atoms in total. The molecule has 0 radical (unpaired) electrons. The van der Waals surface area contributed by atoms with Gasteiger partial charge in [-0.25, -0.2) is 0 Å². The Morgan fingerprint density at radius 1 is 1.17 bits per heavy atom. The molecule has 0 aliphatic carbocycles. The average molecular weight is 474 g/mol. The van der Waals surface area contributed by atoms with E-state index < -0.39 is 0 Å². The highest BCUT2D eigenvalue weighted by Crippen LogP contribution is 2.22. The van der Waals surface area contributed by atoms with Gasteiger partial charge in [-0.05, 0) is 58.7 Å². The lowest BCUT2D eigenvalue weighted by Crippen LogP contribution is -2.37. The third kappa shape index (κ3) is 6.40. The third-order valence-electron chi connectivity index (χ3n) is 4.09. The standard InChI is InChI=1S/C21H20BrN3O3S/c1-14(25-20(26)12-24-21(27)18-8-9-19(22)29-18)16-4-6-17(7-5-16)28-13-15-3-2-10-23-11-15/h2-11,14H,12-13H2,1H3,(H,24,27)(H,25,26). The van der Waals surface area contributed by atoms with Gasteiger partial charge in [-0.1, -0.05) is 18.2 Å². The summed E-state index contributed by atoms with van der Waals surface area (Å²) in [6.45, 7) is 2.26. The van der Waals surface area contributed by atoms with Crippen molar-refractivity contribution in [2.45, 2.75) is 19.6 Å². The topological polar surface area (TPSA) is 80.3 Å². The molecular formula is C21H20BrN3O3S. The molecule has 3 rings (SSSR count). The number of amides is 2. The zero-order valence-corrected chi connectivity index (χ0v) is 18.1. The Hall–Kier alpha value is -2.71. The van der Waals surface area contributed by atoms with Crippen LogP contribution in [0.5, 0.6) is 5.75 Å². The number of aromatic nitrogens is 1. The van der Waals surface area contributed by atoms with E-state index in [4.69, 9.17) is 4.74 Å². The van der Waals surface area contributed by atoms with Gasteiger partial charge in [0.1, 0.15) is 12.4 Å². The summed E-state index contributed by atoms with van der Waals surface area (Å²) in [5.74, 6) is 0.225. The molecule has 0 saturated carbocycles. The second-order valence-electron chi connectivity index (χ2n) is 6.29. The SMILES string of the molecule is CC(NC(=O)CNC(=O)c1ccc(Br)s1)c1ccc(OCc2cccnc2)cc1. The van der Waals surface area contributed by atoms with Crippen molar-refractivity contribution in [1.82, 2.24) is 15.6 Å². The molecule has 0 aliphatic rings. The summed E-state index contributed by atoms with van der Waals surface area (Å²) >= 11 is 4.63. The van der Waals surface area contributed by atoms with Crippen LogP contribution in [0, 0.1) is 0 Å². The molecule has 0 fully saturated rings. The number of thiophene rings is 1. The molecule has 2 amide bonds. The van der Waals surface area contributed by atoms with Crippen molar-refractivity contribution in [1.29, 1.82) is 0 Å². The van der Waals surface area contributed by atoms with Crippen LogP contribution in [0.3, 0.4) is 0 Å². The molecule has 150 valence electrons. The zero-order valence-electron chi connectivity index (χ0n) is 15.7. The molecule has 3 aromatic rings. The summed E-state index contributed by atoms with van der Waals surface area (Å²) < 4.78 is 6.61. The van der Waals surface area contributed by atoms with Gasteiger partial charge in [-0.2, -0.15) is 0 Å². The van der Waals surface area contributed by atoms with E-state index in [1.807, 2.05) is 43.3 Å². The molecular weight excluding hydrogens is 454 g/mol. The van der Waals surface area contributed by atoms with Crippen LogP contribution < -0.4 is 15.4 Å². The maximum Gasteiger partial charge on any atom is 0.261 e. The Bertz CT molecular complexity index is 961. The Labute approximate surface area is 181 Å². The van der Waals surface area contributed by atoms with Crippen LogP contribution in [0.1, 0.15) is 33.8 Å². The van der Waals surface area contributed by atoms with E-state index >= 15 is 0 Å². The van der Waals surface area contributed by atoms with Crippen molar-refractivity contribution < 1.29 is 14.3 Å². The van der Waals surface area contributed by atoms with Crippen LogP contribution in [-0.4, -0.2) is 23.3 Å². The number of halogens is 1. The largest absolute Gasteiger partial charge is 0.489 e. The molecule has 1 aromatic carbocycles. The first-order valence-electron chi connectivity index (χ1n) is 8.96. The molecule has 0 aliphatic heterocycles. The molecule has 1 unspecified atom stereocenters. The van der Waals surface area contributed by atoms with Gasteiger partial charge in [0.2, 0.25) is 5.91 Å². The first-order chi connectivity index (χ1) is 14.0. The van der Waals surface area contributed by atoms with Crippen LogP contribution >= 0.6 is 27.3 Å². The number of nitrogens with zero attached hydrogens (tertiary/aromatic N) is 1. The number of carbonyl (C=O) groups is 2. The molecule has 2 N–H and O–H groups in total. The van der Waals surface area contributed by atoms with Gasteiger partial charge >= 0.3 is 0 Å². The van der Waals surface area contributed by atoms with Gasteiger partial charge in [0, 0.05) is 18.0 Å². The molecule has 1 atom stereocenters. The summed E-state index contributed by atoms with van der Waals surface area (Å²) in [4.78, 5) is 28.7. The summed E-state index contributed by atoms with van der Waals surface area (Å²) in [6.07, 6.45) is 3.49. The summed E-state index contributed by atoms with van der Waals surface area (Å²) in [7, 11) is 0. The van der Waals surface area contributed by atoms with Gasteiger partial charge in [0.05, 0.1) is 21.3 Å². The minimum atomic E-state index is -0.265. The number of benzene rings is 1. The Balaban J connectivity index is 1.45. The van der Waals surface area contributed by atoms with E-state index in [-0.39, 0.29) is 24.4 Å². The van der Waals surface area contributed by atoms with Crippen molar-refractivity contribution in [3.63, 3.8) is 0 Å². The molecule has 0 bridgehead atoms. The van der Waals surface area contributed by atoms with Crippen LogP contribution in [0.4, 0.5) is 0 Å². The summed E-state index contributed by atoms with van der Waals surface area (Å²) in [6, 6.07) is 14.7. The van der Waals surface area contributed by atoms with Gasteiger partial charge in [0.15, 0.2) is 0 Å². The number of hydrogen-bond acceptors (Lipinski definition) is 5. The van der Waals surface area contributed by atoms with Crippen LogP contribution in [0.15, 0.2) is 64.7 Å². The number of nitrogens with one attached hydrogen (secondary N) is 2. The van der Waals surface area contributed by atoms with Crippen molar-refractivity contribution in [2.75, 3.05) is 6.54 Å². The molecule has 2 heterocycles. The number of carbonyl (C=O) groups excluding carboxylic acids is 2. The fourth-order valence-electron chi connectivity index (χ4n) is 2.56. The molecule has 29 heavy (non-hydrogen) atoms. The first kappa shape index (κ1) is 21.0. The van der Waals surface area contributed by atoms with Crippen molar-refractivity contribution in [2.24, 2.45) is 0 Å². The second-order valence-corrected chi connectivity index (χ2v) is 8.76. The highest BCUT2D eigenvalue weighted by molar-refractivity contribution is 9.11. The van der Waals surface area contributed by atoms with Crippen LogP contribution in [0.25, 0.3) is 0 Å². The van der Waals surface area contributed by atoms with Gasteiger partial charge in [-0.3, -0.25) is 14.6 Å². The predicted molar refractivity (Wildman–Crippen MR) is 116 cm³/mol. The van der Waals surface area contributed by atoms with Crippen molar-refractivity contribution in [3.05, 3.63) is 80.7 Å². The smallest absolute Gasteiger partial charge is 0.261 e. The third-order valence-corrected chi connectivity index (χ3v) is 5.71.